The van der Waals surface area contributed by atoms with E-state index in [-0.39, 0.29) is 17.2 Å². The van der Waals surface area contributed by atoms with Crippen molar-refractivity contribution in [2.75, 3.05) is 12.4 Å². The highest BCUT2D eigenvalue weighted by Gasteiger charge is 2.30. The lowest BCUT2D eigenvalue weighted by Gasteiger charge is -2.13. The van der Waals surface area contributed by atoms with Crippen molar-refractivity contribution in [2.24, 2.45) is 0 Å². The van der Waals surface area contributed by atoms with Crippen LogP contribution in [0.2, 0.25) is 0 Å². The van der Waals surface area contributed by atoms with Gasteiger partial charge >= 0.3 is 12.1 Å². The molecule has 0 aliphatic carbocycles. The summed E-state index contributed by atoms with van der Waals surface area (Å²) >= 11 is 0. The number of ether oxygens (including phenoxy) is 2. The second-order valence-electron chi connectivity index (χ2n) is 5.91. The maximum Gasteiger partial charge on any atom is 0.416 e. The van der Waals surface area contributed by atoms with Gasteiger partial charge in [-0.2, -0.15) is 13.2 Å². The third kappa shape index (κ3) is 6.27. The van der Waals surface area contributed by atoms with Crippen molar-refractivity contribution >= 4 is 23.6 Å². The Hall–Kier alpha value is -3.49. The molecule has 0 spiro atoms. The number of anilines is 1. The van der Waals surface area contributed by atoms with Crippen molar-refractivity contribution in [3.63, 3.8) is 0 Å². The van der Waals surface area contributed by atoms with E-state index in [1.807, 2.05) is 0 Å². The van der Waals surface area contributed by atoms with Crippen LogP contribution in [-0.4, -0.2) is 30.2 Å². The number of hydrogen-bond donors (Lipinski definition) is 2. The topological polar surface area (TPSA) is 84.9 Å². The molecule has 2 rings (SSSR count). The fraction of sp³-hybridized carbons (Fsp3) is 0.200. The molecule has 0 radical (unpaired) electrons. The minimum Gasteiger partial charge on any atom is -0.504 e. The Labute approximate surface area is 164 Å². The van der Waals surface area contributed by atoms with Crippen molar-refractivity contribution < 1.29 is 37.3 Å². The molecular formula is C20H18F3NO5. The third-order valence-corrected chi connectivity index (χ3v) is 3.76. The first-order valence-corrected chi connectivity index (χ1v) is 8.34. The van der Waals surface area contributed by atoms with E-state index in [0.29, 0.717) is 5.56 Å². The second kappa shape index (κ2) is 9.13. The van der Waals surface area contributed by atoms with Crippen LogP contribution >= 0.6 is 0 Å². The van der Waals surface area contributed by atoms with Crippen LogP contribution in [0.25, 0.3) is 6.08 Å². The molecule has 9 heteroatoms. The highest BCUT2D eigenvalue weighted by atomic mass is 19.4. The highest BCUT2D eigenvalue weighted by molar-refractivity contribution is 5.96. The minimum absolute atomic E-state index is 0.0548. The zero-order valence-electron chi connectivity index (χ0n) is 15.5. The molecule has 1 atom stereocenters. The van der Waals surface area contributed by atoms with Crippen LogP contribution in [0.1, 0.15) is 18.1 Å². The number of aromatic hydroxyl groups is 1. The summed E-state index contributed by atoms with van der Waals surface area (Å²) in [5.74, 6) is -1.32. The van der Waals surface area contributed by atoms with Crippen LogP contribution in [-0.2, 0) is 20.5 Å². The van der Waals surface area contributed by atoms with Gasteiger partial charge in [0.2, 0.25) is 0 Å². The Balaban J connectivity index is 1.92. The van der Waals surface area contributed by atoms with Gasteiger partial charge in [-0.25, -0.2) is 4.79 Å². The van der Waals surface area contributed by atoms with Gasteiger partial charge in [0, 0.05) is 11.8 Å². The van der Waals surface area contributed by atoms with Gasteiger partial charge in [0.1, 0.15) is 0 Å². The Kier molecular flexibility index (Phi) is 6.87. The molecule has 1 unspecified atom stereocenters. The first kappa shape index (κ1) is 21.8. The van der Waals surface area contributed by atoms with Gasteiger partial charge in [0.15, 0.2) is 17.6 Å². The summed E-state index contributed by atoms with van der Waals surface area (Å²) in [4.78, 5) is 23.9. The van der Waals surface area contributed by atoms with E-state index in [9.17, 15) is 27.9 Å². The molecule has 2 aromatic carbocycles. The SMILES string of the molecule is COc1cc(C=CC(=O)OC(C)C(=O)Nc2ccc(C(F)(F)F)cc2)ccc1O. The molecule has 2 aromatic rings. The van der Waals surface area contributed by atoms with E-state index in [0.717, 1.165) is 30.3 Å². The molecule has 0 saturated heterocycles. The molecule has 0 aliphatic rings. The Bertz CT molecular complexity index is 907. The number of esters is 1. The predicted octanol–water partition coefficient (Wildman–Crippen LogP) is 4.00. The molecule has 0 saturated carbocycles. The minimum atomic E-state index is -4.47. The predicted molar refractivity (Wildman–Crippen MR) is 99.3 cm³/mol. The summed E-state index contributed by atoms with van der Waals surface area (Å²) in [6.07, 6.45) is -3.15. The van der Waals surface area contributed by atoms with E-state index in [1.165, 1.54) is 32.2 Å². The van der Waals surface area contributed by atoms with Gasteiger partial charge in [0.25, 0.3) is 5.91 Å². The van der Waals surface area contributed by atoms with Crippen molar-refractivity contribution in [3.05, 3.63) is 59.7 Å². The van der Waals surface area contributed by atoms with E-state index < -0.39 is 29.7 Å². The van der Waals surface area contributed by atoms with Gasteiger partial charge in [-0.3, -0.25) is 4.79 Å². The first-order valence-electron chi connectivity index (χ1n) is 8.34. The van der Waals surface area contributed by atoms with Gasteiger partial charge in [-0.05, 0) is 55.0 Å². The van der Waals surface area contributed by atoms with E-state index >= 15 is 0 Å². The third-order valence-electron chi connectivity index (χ3n) is 3.76. The molecule has 0 aromatic heterocycles. The number of carbonyl (C=O) groups is 2. The molecule has 0 bridgehead atoms. The number of halogens is 3. The molecule has 0 fully saturated rings. The highest BCUT2D eigenvalue weighted by Crippen LogP contribution is 2.30. The first-order chi connectivity index (χ1) is 13.6. The van der Waals surface area contributed by atoms with E-state index in [4.69, 9.17) is 9.47 Å². The van der Waals surface area contributed by atoms with Gasteiger partial charge < -0.3 is 19.9 Å². The normalized spacial score (nSPS) is 12.4. The van der Waals surface area contributed by atoms with E-state index in [2.05, 4.69) is 5.32 Å². The van der Waals surface area contributed by atoms with Crippen LogP contribution < -0.4 is 10.1 Å². The molecule has 29 heavy (non-hydrogen) atoms. The lowest BCUT2D eigenvalue weighted by atomic mass is 10.2. The number of benzene rings is 2. The maximum absolute atomic E-state index is 12.5. The number of alkyl halides is 3. The molecule has 2 N–H and O–H groups in total. The lowest BCUT2D eigenvalue weighted by Crippen LogP contribution is -2.29. The number of rotatable bonds is 6. The van der Waals surface area contributed by atoms with Crippen LogP contribution in [0.15, 0.2) is 48.5 Å². The smallest absolute Gasteiger partial charge is 0.416 e. The Morgan fingerprint density at radius 1 is 1.14 bits per heavy atom. The standard InChI is InChI=1S/C20H18F3NO5/c1-12(19(27)24-15-7-5-14(6-8-15)20(21,22)23)29-18(26)10-4-13-3-9-16(25)17(11-13)28-2/h3-12,25H,1-2H3,(H,24,27). The van der Waals surface area contributed by atoms with Gasteiger partial charge in [0.05, 0.1) is 12.7 Å². The average molecular weight is 409 g/mol. The quantitative estimate of drug-likeness (QED) is 0.557. The number of amides is 1. The number of phenolic OH excluding ortho intramolecular Hbond substituents is 1. The van der Waals surface area contributed by atoms with Crippen molar-refractivity contribution in [3.8, 4) is 11.5 Å². The fourth-order valence-corrected chi connectivity index (χ4v) is 2.22. The van der Waals surface area contributed by atoms with Gasteiger partial charge in [-0.1, -0.05) is 6.07 Å². The maximum atomic E-state index is 12.5. The summed E-state index contributed by atoms with van der Waals surface area (Å²) in [5.41, 5.74) is -0.151. The van der Waals surface area contributed by atoms with Crippen LogP contribution in [0, 0.1) is 0 Å². The van der Waals surface area contributed by atoms with Crippen LogP contribution in [0.5, 0.6) is 11.5 Å². The lowest BCUT2D eigenvalue weighted by molar-refractivity contribution is -0.148. The zero-order valence-corrected chi connectivity index (χ0v) is 15.5. The monoisotopic (exact) mass is 409 g/mol. The Morgan fingerprint density at radius 3 is 2.38 bits per heavy atom. The number of methoxy groups -OCH3 is 1. The number of nitrogens with one attached hydrogen (secondary N) is 1. The molecule has 154 valence electrons. The van der Waals surface area contributed by atoms with Crippen molar-refractivity contribution in [1.29, 1.82) is 0 Å². The van der Waals surface area contributed by atoms with E-state index in [1.54, 1.807) is 6.07 Å². The second-order valence-corrected chi connectivity index (χ2v) is 5.91. The number of hydrogen-bond acceptors (Lipinski definition) is 5. The van der Waals surface area contributed by atoms with Crippen LogP contribution in [0.4, 0.5) is 18.9 Å². The van der Waals surface area contributed by atoms with Crippen molar-refractivity contribution in [1.82, 2.24) is 0 Å². The summed E-state index contributed by atoms with van der Waals surface area (Å²) < 4.78 is 47.5. The number of phenols is 1. The molecule has 6 nitrogen and oxygen atoms in total. The molecular weight excluding hydrogens is 391 g/mol. The molecule has 0 aliphatic heterocycles. The Morgan fingerprint density at radius 2 is 1.79 bits per heavy atom. The number of carbonyl (C=O) groups excluding carboxylic acids is 2. The largest absolute Gasteiger partial charge is 0.504 e. The molecule has 1 amide bonds. The average Bonchev–Trinajstić information content (AvgIpc) is 2.67. The van der Waals surface area contributed by atoms with Crippen molar-refractivity contribution in [2.45, 2.75) is 19.2 Å². The summed E-state index contributed by atoms with van der Waals surface area (Å²) in [6, 6.07) is 8.31. The summed E-state index contributed by atoms with van der Waals surface area (Å²) in [5, 5.41) is 11.9. The summed E-state index contributed by atoms with van der Waals surface area (Å²) in [7, 11) is 1.38. The molecule has 0 heterocycles. The van der Waals surface area contributed by atoms with Crippen LogP contribution in [0.3, 0.4) is 0 Å². The zero-order chi connectivity index (χ0) is 21.6. The summed E-state index contributed by atoms with van der Waals surface area (Å²) in [6.45, 7) is 1.33. The van der Waals surface area contributed by atoms with Gasteiger partial charge in [-0.15, -0.1) is 0 Å². The fourth-order valence-electron chi connectivity index (χ4n) is 2.22.